The van der Waals surface area contributed by atoms with Gasteiger partial charge in [-0.15, -0.1) is 0 Å². The number of rotatable bonds is 4. The van der Waals surface area contributed by atoms with Crippen molar-refractivity contribution in [1.29, 1.82) is 0 Å². The van der Waals surface area contributed by atoms with Crippen LogP contribution in [0.15, 0.2) is 6.20 Å². The molecular formula is C12H16N2O2. The summed E-state index contributed by atoms with van der Waals surface area (Å²) in [6.45, 7) is 4.06. The van der Waals surface area contributed by atoms with Crippen LogP contribution >= 0.6 is 0 Å². The van der Waals surface area contributed by atoms with Gasteiger partial charge in [0.2, 0.25) is 0 Å². The molecule has 1 saturated carbocycles. The maximum Gasteiger partial charge on any atom is 0.307 e. The molecule has 16 heavy (non-hydrogen) atoms. The third kappa shape index (κ3) is 2.38. The van der Waals surface area contributed by atoms with Crippen molar-refractivity contribution < 1.29 is 9.90 Å². The van der Waals surface area contributed by atoms with Crippen molar-refractivity contribution in [3.8, 4) is 0 Å². The molecule has 0 atom stereocenters. The van der Waals surface area contributed by atoms with Gasteiger partial charge in [-0.2, -0.15) is 0 Å². The monoisotopic (exact) mass is 220 g/mol. The summed E-state index contributed by atoms with van der Waals surface area (Å²) in [6, 6.07) is 0. The van der Waals surface area contributed by atoms with Crippen molar-refractivity contribution in [2.45, 2.75) is 44.9 Å². The van der Waals surface area contributed by atoms with Gasteiger partial charge in [0.15, 0.2) is 0 Å². The van der Waals surface area contributed by atoms with E-state index in [1.807, 2.05) is 13.8 Å². The first-order valence-electron chi connectivity index (χ1n) is 5.65. The molecule has 4 heteroatoms. The molecule has 1 aliphatic carbocycles. The van der Waals surface area contributed by atoms with Gasteiger partial charge in [0, 0.05) is 17.7 Å². The van der Waals surface area contributed by atoms with Gasteiger partial charge in [0.1, 0.15) is 5.82 Å². The number of carbonyl (C=O) groups is 1. The van der Waals surface area contributed by atoms with Gasteiger partial charge in [-0.25, -0.2) is 9.97 Å². The van der Waals surface area contributed by atoms with E-state index in [4.69, 9.17) is 5.11 Å². The summed E-state index contributed by atoms with van der Waals surface area (Å²) in [5.41, 5.74) is 1.63. The molecule has 1 heterocycles. The molecule has 4 nitrogen and oxygen atoms in total. The molecular weight excluding hydrogens is 204 g/mol. The van der Waals surface area contributed by atoms with E-state index in [0.717, 1.165) is 29.9 Å². The van der Waals surface area contributed by atoms with Crippen LogP contribution in [0.25, 0.3) is 0 Å². The maximum absolute atomic E-state index is 10.7. The first kappa shape index (κ1) is 11.0. The van der Waals surface area contributed by atoms with Gasteiger partial charge >= 0.3 is 5.97 Å². The van der Waals surface area contributed by atoms with Crippen molar-refractivity contribution in [2.75, 3.05) is 0 Å². The van der Waals surface area contributed by atoms with Crippen LogP contribution in [0.3, 0.4) is 0 Å². The van der Waals surface area contributed by atoms with Crippen LogP contribution in [-0.2, 0) is 11.2 Å². The first-order chi connectivity index (χ1) is 7.58. The largest absolute Gasteiger partial charge is 0.481 e. The number of nitrogens with zero attached hydrogens (tertiary/aromatic N) is 2. The Morgan fingerprint density at radius 1 is 1.56 bits per heavy atom. The molecule has 1 aromatic rings. The maximum atomic E-state index is 10.7. The summed E-state index contributed by atoms with van der Waals surface area (Å²) in [5, 5.41) is 8.81. The predicted molar refractivity (Wildman–Crippen MR) is 59.4 cm³/mol. The van der Waals surface area contributed by atoms with Crippen molar-refractivity contribution in [2.24, 2.45) is 0 Å². The SMILES string of the molecule is CC(C)c1nc(C2CC2)ncc1CC(=O)O. The summed E-state index contributed by atoms with van der Waals surface area (Å²) in [5.74, 6) is 0.814. The summed E-state index contributed by atoms with van der Waals surface area (Å²) >= 11 is 0. The lowest BCUT2D eigenvalue weighted by Gasteiger charge is -2.11. The average Bonchev–Trinajstić information content (AvgIpc) is 3.00. The van der Waals surface area contributed by atoms with Gasteiger partial charge in [0.05, 0.1) is 12.1 Å². The average molecular weight is 220 g/mol. The van der Waals surface area contributed by atoms with Crippen LogP contribution in [0.1, 0.15) is 55.6 Å². The minimum atomic E-state index is -0.829. The van der Waals surface area contributed by atoms with E-state index in [0.29, 0.717) is 5.92 Å². The Balaban J connectivity index is 2.32. The Kier molecular flexibility index (Phi) is 2.90. The molecule has 0 spiro atoms. The van der Waals surface area contributed by atoms with Gasteiger partial charge < -0.3 is 5.11 Å². The van der Waals surface area contributed by atoms with Crippen LogP contribution in [0.5, 0.6) is 0 Å². The van der Waals surface area contributed by atoms with Crippen molar-refractivity contribution in [3.05, 3.63) is 23.3 Å². The minimum Gasteiger partial charge on any atom is -0.481 e. The summed E-state index contributed by atoms with van der Waals surface area (Å²) < 4.78 is 0. The summed E-state index contributed by atoms with van der Waals surface area (Å²) in [6.07, 6.45) is 4.02. The second kappa shape index (κ2) is 4.20. The Morgan fingerprint density at radius 3 is 2.75 bits per heavy atom. The molecule has 1 aliphatic rings. The third-order valence-corrected chi connectivity index (χ3v) is 2.75. The first-order valence-corrected chi connectivity index (χ1v) is 5.65. The zero-order valence-corrected chi connectivity index (χ0v) is 9.60. The topological polar surface area (TPSA) is 63.1 Å². The van der Waals surface area contributed by atoms with Gasteiger partial charge in [-0.1, -0.05) is 13.8 Å². The predicted octanol–water partition coefficient (Wildman–Crippen LogP) is 2.10. The van der Waals surface area contributed by atoms with E-state index < -0.39 is 5.97 Å². The smallest absolute Gasteiger partial charge is 0.307 e. The number of carboxylic acid groups (broad SMARTS) is 1. The Morgan fingerprint density at radius 2 is 2.25 bits per heavy atom. The standard InChI is InChI=1S/C12H16N2O2/c1-7(2)11-9(5-10(15)16)6-13-12(14-11)8-3-4-8/h6-8H,3-5H2,1-2H3,(H,15,16). The minimum absolute atomic E-state index is 0.0124. The molecule has 0 bridgehead atoms. The van der Waals surface area contributed by atoms with Crippen molar-refractivity contribution >= 4 is 5.97 Å². The molecule has 86 valence electrons. The van der Waals surface area contributed by atoms with E-state index in [1.54, 1.807) is 6.20 Å². The number of aromatic nitrogens is 2. The highest BCUT2D eigenvalue weighted by Crippen LogP contribution is 2.38. The summed E-state index contributed by atoms with van der Waals surface area (Å²) in [7, 11) is 0. The van der Waals surface area contributed by atoms with E-state index in [1.165, 1.54) is 0 Å². The Hall–Kier alpha value is -1.45. The zero-order valence-electron chi connectivity index (χ0n) is 9.60. The van der Waals surface area contributed by atoms with Crippen LogP contribution in [-0.4, -0.2) is 21.0 Å². The molecule has 1 aromatic heterocycles. The molecule has 1 N–H and O–H groups in total. The van der Waals surface area contributed by atoms with E-state index >= 15 is 0 Å². The lowest BCUT2D eigenvalue weighted by atomic mass is 10.0. The second-order valence-corrected chi connectivity index (χ2v) is 4.64. The van der Waals surface area contributed by atoms with E-state index in [-0.39, 0.29) is 12.3 Å². The molecule has 1 fully saturated rings. The fourth-order valence-electron chi connectivity index (χ4n) is 1.77. The van der Waals surface area contributed by atoms with Gasteiger partial charge in [-0.05, 0) is 18.8 Å². The van der Waals surface area contributed by atoms with Crippen LogP contribution in [0, 0.1) is 0 Å². The normalized spacial score (nSPS) is 15.4. The van der Waals surface area contributed by atoms with Gasteiger partial charge in [0.25, 0.3) is 0 Å². The molecule has 0 amide bonds. The molecule has 0 saturated heterocycles. The highest BCUT2D eigenvalue weighted by atomic mass is 16.4. The molecule has 0 aliphatic heterocycles. The van der Waals surface area contributed by atoms with Crippen molar-refractivity contribution in [3.63, 3.8) is 0 Å². The number of carboxylic acids is 1. The molecule has 0 radical (unpaired) electrons. The summed E-state index contributed by atoms with van der Waals surface area (Å²) in [4.78, 5) is 19.5. The zero-order chi connectivity index (χ0) is 11.7. The number of hydrogen-bond donors (Lipinski definition) is 1. The van der Waals surface area contributed by atoms with E-state index in [9.17, 15) is 4.79 Å². The highest BCUT2D eigenvalue weighted by Gasteiger charge is 2.27. The molecule has 2 rings (SSSR count). The quantitative estimate of drug-likeness (QED) is 0.844. The van der Waals surface area contributed by atoms with Crippen LogP contribution in [0.4, 0.5) is 0 Å². The van der Waals surface area contributed by atoms with Crippen LogP contribution < -0.4 is 0 Å². The lowest BCUT2D eigenvalue weighted by Crippen LogP contribution is -2.09. The highest BCUT2D eigenvalue weighted by molar-refractivity contribution is 5.70. The fourth-order valence-corrected chi connectivity index (χ4v) is 1.77. The van der Waals surface area contributed by atoms with Crippen molar-refractivity contribution in [1.82, 2.24) is 9.97 Å². The fraction of sp³-hybridized carbons (Fsp3) is 0.583. The Labute approximate surface area is 94.7 Å². The number of aliphatic carboxylic acids is 1. The third-order valence-electron chi connectivity index (χ3n) is 2.75. The second-order valence-electron chi connectivity index (χ2n) is 4.64. The van der Waals surface area contributed by atoms with Gasteiger partial charge in [-0.3, -0.25) is 4.79 Å². The lowest BCUT2D eigenvalue weighted by molar-refractivity contribution is -0.136. The van der Waals surface area contributed by atoms with Crippen LogP contribution in [0.2, 0.25) is 0 Å². The molecule has 0 aromatic carbocycles. The number of hydrogen-bond acceptors (Lipinski definition) is 3. The van der Waals surface area contributed by atoms with E-state index in [2.05, 4.69) is 9.97 Å². The molecule has 0 unspecified atom stereocenters. The Bertz CT molecular complexity index is 411.